The Hall–Kier alpha value is -1.59. The zero-order valence-corrected chi connectivity index (χ0v) is 13.3. The zero-order chi connectivity index (χ0) is 15.0. The summed E-state index contributed by atoms with van der Waals surface area (Å²) < 4.78 is 5.56. The van der Waals surface area contributed by atoms with Crippen LogP contribution < -0.4 is 15.0 Å². The number of hydrogen-bond acceptors (Lipinski definition) is 6. The number of aromatic nitrogens is 3. The maximum absolute atomic E-state index is 5.56. The second kappa shape index (κ2) is 8.55. The maximum Gasteiger partial charge on any atom is 0.323 e. The molecule has 1 unspecified atom stereocenters. The molecule has 0 aliphatic heterocycles. The summed E-state index contributed by atoms with van der Waals surface area (Å²) in [7, 11) is 0. The van der Waals surface area contributed by atoms with Gasteiger partial charge < -0.3 is 15.0 Å². The second-order valence-electron chi connectivity index (χ2n) is 4.66. The van der Waals surface area contributed by atoms with E-state index in [0.717, 1.165) is 25.9 Å². The fraction of sp³-hybridized carbons (Fsp3) is 0.786. The molecule has 6 nitrogen and oxygen atoms in total. The van der Waals surface area contributed by atoms with Crippen molar-refractivity contribution in [1.82, 2.24) is 15.0 Å². The van der Waals surface area contributed by atoms with Crippen molar-refractivity contribution in [2.45, 2.75) is 53.5 Å². The van der Waals surface area contributed by atoms with Crippen molar-refractivity contribution in [3.8, 4) is 6.01 Å². The molecule has 0 saturated heterocycles. The first-order valence-corrected chi connectivity index (χ1v) is 7.55. The minimum atomic E-state index is 0.385. The lowest BCUT2D eigenvalue weighted by molar-refractivity contribution is 0.291. The fourth-order valence-electron chi connectivity index (χ4n) is 1.84. The molecule has 1 heterocycles. The van der Waals surface area contributed by atoms with Crippen LogP contribution in [0.2, 0.25) is 0 Å². The lowest BCUT2D eigenvalue weighted by Crippen LogP contribution is -2.34. The van der Waals surface area contributed by atoms with Gasteiger partial charge in [0.2, 0.25) is 11.9 Å². The van der Waals surface area contributed by atoms with E-state index in [1.54, 1.807) is 0 Å². The quantitative estimate of drug-likeness (QED) is 0.751. The molecule has 114 valence electrons. The van der Waals surface area contributed by atoms with E-state index in [1.807, 2.05) is 6.92 Å². The van der Waals surface area contributed by atoms with Crippen molar-refractivity contribution in [2.24, 2.45) is 0 Å². The summed E-state index contributed by atoms with van der Waals surface area (Å²) in [6, 6.07) is 0.783. The SMILES string of the molecule is CCCOc1nc(NCC)nc(N(CC)C(C)CC)n1. The minimum Gasteiger partial charge on any atom is -0.463 e. The summed E-state index contributed by atoms with van der Waals surface area (Å²) >= 11 is 0. The smallest absolute Gasteiger partial charge is 0.323 e. The zero-order valence-electron chi connectivity index (χ0n) is 13.3. The topological polar surface area (TPSA) is 63.2 Å². The highest BCUT2D eigenvalue weighted by atomic mass is 16.5. The number of nitrogens with zero attached hydrogens (tertiary/aromatic N) is 4. The lowest BCUT2D eigenvalue weighted by Gasteiger charge is -2.27. The highest BCUT2D eigenvalue weighted by Gasteiger charge is 2.17. The van der Waals surface area contributed by atoms with E-state index in [4.69, 9.17) is 4.74 Å². The molecule has 1 N–H and O–H groups in total. The summed E-state index contributed by atoms with van der Waals surface area (Å²) in [5, 5.41) is 3.13. The largest absolute Gasteiger partial charge is 0.463 e. The molecular weight excluding hydrogens is 254 g/mol. The van der Waals surface area contributed by atoms with Gasteiger partial charge in [-0.25, -0.2) is 0 Å². The first-order valence-electron chi connectivity index (χ1n) is 7.55. The predicted octanol–water partition coefficient (Wildman–Crippen LogP) is 2.72. The molecule has 0 amide bonds. The Morgan fingerprint density at radius 2 is 1.90 bits per heavy atom. The van der Waals surface area contributed by atoms with Crippen molar-refractivity contribution in [2.75, 3.05) is 29.9 Å². The van der Waals surface area contributed by atoms with E-state index in [-0.39, 0.29) is 0 Å². The number of rotatable bonds is 9. The van der Waals surface area contributed by atoms with Gasteiger partial charge in [-0.05, 0) is 33.6 Å². The van der Waals surface area contributed by atoms with Gasteiger partial charge in [0.05, 0.1) is 6.61 Å². The molecule has 0 radical (unpaired) electrons. The molecule has 1 rings (SSSR count). The summed E-state index contributed by atoms with van der Waals surface area (Å²) in [6.07, 6.45) is 1.97. The molecule has 0 aromatic carbocycles. The molecule has 1 aromatic rings. The fourth-order valence-corrected chi connectivity index (χ4v) is 1.84. The van der Waals surface area contributed by atoms with Crippen molar-refractivity contribution in [3.63, 3.8) is 0 Å². The van der Waals surface area contributed by atoms with Gasteiger partial charge in [-0.3, -0.25) is 0 Å². The molecule has 0 saturated carbocycles. The predicted molar refractivity (Wildman–Crippen MR) is 82.5 cm³/mol. The van der Waals surface area contributed by atoms with Crippen molar-refractivity contribution < 1.29 is 4.74 Å². The van der Waals surface area contributed by atoms with Crippen LogP contribution in [0.4, 0.5) is 11.9 Å². The molecule has 0 fully saturated rings. The number of anilines is 2. The van der Waals surface area contributed by atoms with Gasteiger partial charge in [-0.2, -0.15) is 15.0 Å². The van der Waals surface area contributed by atoms with E-state index in [1.165, 1.54) is 0 Å². The van der Waals surface area contributed by atoms with Gasteiger partial charge in [0.15, 0.2) is 0 Å². The Bertz CT molecular complexity index is 399. The third-order valence-corrected chi connectivity index (χ3v) is 3.09. The van der Waals surface area contributed by atoms with Crippen molar-refractivity contribution in [3.05, 3.63) is 0 Å². The Balaban J connectivity index is 3.05. The molecule has 6 heteroatoms. The molecule has 0 aliphatic rings. The van der Waals surface area contributed by atoms with Gasteiger partial charge >= 0.3 is 6.01 Å². The molecule has 1 atom stereocenters. The van der Waals surface area contributed by atoms with Crippen LogP contribution in [0.15, 0.2) is 0 Å². The Morgan fingerprint density at radius 3 is 2.45 bits per heavy atom. The van der Waals surface area contributed by atoms with Crippen LogP contribution in [0.25, 0.3) is 0 Å². The van der Waals surface area contributed by atoms with E-state index < -0.39 is 0 Å². The number of ether oxygens (including phenoxy) is 1. The van der Waals surface area contributed by atoms with E-state index in [2.05, 4.69) is 52.9 Å². The maximum atomic E-state index is 5.56. The van der Waals surface area contributed by atoms with Gasteiger partial charge in [0, 0.05) is 19.1 Å². The highest BCUT2D eigenvalue weighted by molar-refractivity contribution is 5.39. The normalized spacial score (nSPS) is 12.1. The van der Waals surface area contributed by atoms with Crippen LogP contribution in [0.5, 0.6) is 6.01 Å². The molecule has 0 spiro atoms. The van der Waals surface area contributed by atoms with Crippen molar-refractivity contribution in [1.29, 1.82) is 0 Å². The van der Waals surface area contributed by atoms with E-state index in [9.17, 15) is 0 Å². The Morgan fingerprint density at radius 1 is 1.15 bits per heavy atom. The first-order chi connectivity index (χ1) is 9.65. The van der Waals surface area contributed by atoms with Crippen LogP contribution in [-0.2, 0) is 0 Å². The van der Waals surface area contributed by atoms with Crippen molar-refractivity contribution >= 4 is 11.9 Å². The minimum absolute atomic E-state index is 0.385. The van der Waals surface area contributed by atoms with Crippen LogP contribution in [0, 0.1) is 0 Å². The second-order valence-corrected chi connectivity index (χ2v) is 4.66. The third kappa shape index (κ3) is 4.51. The van der Waals surface area contributed by atoms with Gasteiger partial charge in [-0.1, -0.05) is 13.8 Å². The molecule has 1 aromatic heterocycles. The molecule has 20 heavy (non-hydrogen) atoms. The third-order valence-electron chi connectivity index (χ3n) is 3.09. The molecule has 0 bridgehead atoms. The Labute approximate surface area is 122 Å². The van der Waals surface area contributed by atoms with Gasteiger partial charge in [0.25, 0.3) is 0 Å². The number of nitrogens with one attached hydrogen (secondary N) is 1. The lowest BCUT2D eigenvalue weighted by atomic mass is 10.2. The van der Waals surface area contributed by atoms with E-state index >= 15 is 0 Å². The van der Waals surface area contributed by atoms with Crippen LogP contribution in [0.3, 0.4) is 0 Å². The van der Waals surface area contributed by atoms with Crippen LogP contribution in [0.1, 0.15) is 47.5 Å². The average molecular weight is 281 g/mol. The number of hydrogen-bond donors (Lipinski definition) is 1. The average Bonchev–Trinajstić information content (AvgIpc) is 2.46. The standard InChI is InChI=1S/C14H27N5O/c1-6-10-20-14-17-12(15-8-3)16-13(18-14)19(9-4)11(5)7-2/h11H,6-10H2,1-5H3,(H,15,16,17,18). The monoisotopic (exact) mass is 281 g/mol. The van der Waals surface area contributed by atoms with Crippen LogP contribution in [-0.4, -0.2) is 40.7 Å². The first kappa shape index (κ1) is 16.5. The summed E-state index contributed by atoms with van der Waals surface area (Å²) in [5.74, 6) is 1.25. The highest BCUT2D eigenvalue weighted by Crippen LogP contribution is 2.18. The summed E-state index contributed by atoms with van der Waals surface area (Å²) in [6.45, 7) is 12.8. The van der Waals surface area contributed by atoms with Crippen LogP contribution >= 0.6 is 0 Å². The summed E-state index contributed by atoms with van der Waals surface area (Å²) in [4.78, 5) is 15.4. The van der Waals surface area contributed by atoms with Gasteiger partial charge in [0.1, 0.15) is 0 Å². The summed E-state index contributed by atoms with van der Waals surface area (Å²) in [5.41, 5.74) is 0. The molecule has 0 aliphatic carbocycles. The van der Waals surface area contributed by atoms with Gasteiger partial charge in [-0.15, -0.1) is 0 Å². The molecular formula is C14H27N5O. The van der Waals surface area contributed by atoms with E-state index in [0.29, 0.717) is 30.6 Å². The Kier molecular flexibility index (Phi) is 7.04.